The van der Waals surface area contributed by atoms with E-state index >= 15 is 0 Å². The van der Waals surface area contributed by atoms with Crippen molar-refractivity contribution in [2.45, 2.75) is 20.4 Å². The Kier molecular flexibility index (Phi) is 6.50. The molecule has 0 aliphatic carbocycles. The summed E-state index contributed by atoms with van der Waals surface area (Å²) in [6.45, 7) is 5.07. The number of benzene rings is 3. The van der Waals surface area contributed by atoms with Crippen LogP contribution in [0.25, 0.3) is 0 Å². The molecule has 3 aromatic rings. The third kappa shape index (κ3) is 5.02. The number of rotatable bonds is 6. The van der Waals surface area contributed by atoms with Gasteiger partial charge in [-0.05, 0) is 68.5 Å². The van der Waals surface area contributed by atoms with Gasteiger partial charge in [-0.25, -0.2) is 0 Å². The maximum Gasteiger partial charge on any atom is 0.178 e. The van der Waals surface area contributed by atoms with Crippen molar-refractivity contribution in [2.75, 3.05) is 16.8 Å². The van der Waals surface area contributed by atoms with Crippen molar-refractivity contribution < 1.29 is 9.84 Å². The average molecular weight is 393 g/mol. The third-order valence-corrected chi connectivity index (χ3v) is 4.65. The Morgan fingerprint density at radius 2 is 1.68 bits per heavy atom. The second-order valence-electron chi connectivity index (χ2n) is 6.44. The van der Waals surface area contributed by atoms with Crippen LogP contribution in [0.4, 0.5) is 11.4 Å². The second kappa shape index (κ2) is 9.24. The standard InChI is InChI=1S/C23H24N2O2S/c1-3-27-21-14-12-20(13-15-21)25(16-18-6-4-5-7-22(18)26)23(28)24-19-10-8-17(2)9-11-19/h4-15,26H,3,16H2,1-2H3,(H,24,28). The Hall–Kier alpha value is -3.05. The minimum atomic E-state index is 0.247. The van der Waals surface area contributed by atoms with E-state index in [-0.39, 0.29) is 5.75 Å². The molecule has 5 heteroatoms. The fraction of sp³-hybridized carbons (Fsp3) is 0.174. The number of phenols is 1. The molecule has 3 aromatic carbocycles. The number of hydrogen-bond acceptors (Lipinski definition) is 3. The fourth-order valence-corrected chi connectivity index (χ4v) is 3.10. The molecule has 0 bridgehead atoms. The van der Waals surface area contributed by atoms with Crippen molar-refractivity contribution in [3.8, 4) is 11.5 Å². The lowest BCUT2D eigenvalue weighted by molar-refractivity contribution is 0.340. The normalized spacial score (nSPS) is 10.4. The minimum Gasteiger partial charge on any atom is -0.508 e. The van der Waals surface area contributed by atoms with E-state index in [1.165, 1.54) is 5.56 Å². The highest BCUT2D eigenvalue weighted by Gasteiger charge is 2.15. The van der Waals surface area contributed by atoms with Crippen molar-refractivity contribution in [2.24, 2.45) is 0 Å². The molecular weight excluding hydrogens is 368 g/mol. The van der Waals surface area contributed by atoms with Gasteiger partial charge in [-0.3, -0.25) is 0 Å². The molecule has 0 saturated heterocycles. The molecule has 0 atom stereocenters. The number of para-hydroxylation sites is 1. The Morgan fingerprint density at radius 3 is 2.32 bits per heavy atom. The number of aromatic hydroxyl groups is 1. The van der Waals surface area contributed by atoms with Crippen molar-refractivity contribution in [3.63, 3.8) is 0 Å². The lowest BCUT2D eigenvalue weighted by Gasteiger charge is -2.27. The van der Waals surface area contributed by atoms with Gasteiger partial charge in [0, 0.05) is 16.9 Å². The summed E-state index contributed by atoms with van der Waals surface area (Å²) in [4.78, 5) is 1.96. The molecule has 0 fully saturated rings. The van der Waals surface area contributed by atoms with E-state index < -0.39 is 0 Å². The first kappa shape index (κ1) is 19.7. The summed E-state index contributed by atoms with van der Waals surface area (Å²) in [6.07, 6.45) is 0. The lowest BCUT2D eigenvalue weighted by atomic mass is 10.1. The number of thiocarbonyl (C=S) groups is 1. The van der Waals surface area contributed by atoms with E-state index in [2.05, 4.69) is 5.32 Å². The van der Waals surface area contributed by atoms with Gasteiger partial charge < -0.3 is 20.1 Å². The van der Waals surface area contributed by atoms with E-state index in [4.69, 9.17) is 17.0 Å². The summed E-state index contributed by atoms with van der Waals surface area (Å²) in [5.74, 6) is 1.06. The van der Waals surface area contributed by atoms with Crippen LogP contribution in [0.1, 0.15) is 18.1 Å². The predicted octanol–water partition coefficient (Wildman–Crippen LogP) is 5.50. The van der Waals surface area contributed by atoms with Crippen molar-refractivity contribution >= 4 is 28.7 Å². The highest BCUT2D eigenvalue weighted by Crippen LogP contribution is 2.25. The summed E-state index contributed by atoms with van der Waals surface area (Å²) < 4.78 is 5.54. The number of hydrogen-bond donors (Lipinski definition) is 2. The Morgan fingerprint density at radius 1 is 1.00 bits per heavy atom. The summed E-state index contributed by atoms with van der Waals surface area (Å²) in [7, 11) is 0. The maximum absolute atomic E-state index is 10.2. The van der Waals surface area contributed by atoms with Gasteiger partial charge in [-0.1, -0.05) is 35.9 Å². The monoisotopic (exact) mass is 392 g/mol. The molecule has 0 radical (unpaired) electrons. The second-order valence-corrected chi connectivity index (χ2v) is 6.82. The van der Waals surface area contributed by atoms with Crippen LogP contribution in [-0.2, 0) is 6.54 Å². The molecule has 2 N–H and O–H groups in total. The molecule has 0 aromatic heterocycles. The number of ether oxygens (including phenoxy) is 1. The topological polar surface area (TPSA) is 44.7 Å². The molecule has 0 spiro atoms. The highest BCUT2D eigenvalue weighted by molar-refractivity contribution is 7.80. The van der Waals surface area contributed by atoms with Gasteiger partial charge in [0.1, 0.15) is 11.5 Å². The first-order valence-corrected chi connectivity index (χ1v) is 9.62. The van der Waals surface area contributed by atoms with Gasteiger partial charge in [0.15, 0.2) is 5.11 Å². The van der Waals surface area contributed by atoms with Crippen molar-refractivity contribution in [1.82, 2.24) is 0 Å². The molecule has 0 amide bonds. The smallest absolute Gasteiger partial charge is 0.178 e. The van der Waals surface area contributed by atoms with Gasteiger partial charge in [0.25, 0.3) is 0 Å². The molecule has 4 nitrogen and oxygen atoms in total. The third-order valence-electron chi connectivity index (χ3n) is 4.33. The van der Waals surface area contributed by atoms with Crippen LogP contribution in [0.3, 0.4) is 0 Å². The molecule has 0 saturated carbocycles. The Balaban J connectivity index is 1.87. The molecule has 144 valence electrons. The Labute approximate surface area is 171 Å². The quantitative estimate of drug-likeness (QED) is 0.542. The summed E-state index contributed by atoms with van der Waals surface area (Å²) in [6, 6.07) is 23.1. The van der Waals surface area contributed by atoms with Gasteiger partial charge >= 0.3 is 0 Å². The minimum absolute atomic E-state index is 0.247. The van der Waals surface area contributed by atoms with Gasteiger partial charge in [0.05, 0.1) is 13.2 Å². The van der Waals surface area contributed by atoms with Crippen LogP contribution in [0.2, 0.25) is 0 Å². The molecule has 0 aliphatic rings. The van der Waals surface area contributed by atoms with E-state index in [9.17, 15) is 5.11 Å². The molecule has 0 aliphatic heterocycles. The van der Waals surface area contributed by atoms with Gasteiger partial charge in [-0.15, -0.1) is 0 Å². The van der Waals surface area contributed by atoms with Crippen molar-refractivity contribution in [3.05, 3.63) is 83.9 Å². The molecule has 0 heterocycles. The summed E-state index contributed by atoms with van der Waals surface area (Å²) in [5.41, 5.74) is 3.82. The van der Waals surface area contributed by atoms with Crippen LogP contribution >= 0.6 is 12.2 Å². The average Bonchev–Trinajstić information content (AvgIpc) is 2.70. The maximum atomic E-state index is 10.2. The fourth-order valence-electron chi connectivity index (χ4n) is 2.81. The molecule has 0 unspecified atom stereocenters. The number of aryl methyl sites for hydroxylation is 1. The molecular formula is C23H24N2O2S. The lowest BCUT2D eigenvalue weighted by Crippen LogP contribution is -2.34. The van der Waals surface area contributed by atoms with Crippen LogP contribution < -0.4 is 15.0 Å². The number of anilines is 2. The van der Waals surface area contributed by atoms with E-state index in [1.807, 2.05) is 85.5 Å². The molecule has 28 heavy (non-hydrogen) atoms. The first-order chi connectivity index (χ1) is 13.6. The van der Waals surface area contributed by atoms with Crippen molar-refractivity contribution in [1.29, 1.82) is 0 Å². The van der Waals surface area contributed by atoms with Crippen LogP contribution in [0.15, 0.2) is 72.8 Å². The van der Waals surface area contributed by atoms with E-state index in [1.54, 1.807) is 6.07 Å². The largest absolute Gasteiger partial charge is 0.508 e. The molecule has 3 rings (SSSR count). The van der Waals surface area contributed by atoms with Gasteiger partial charge in [-0.2, -0.15) is 0 Å². The zero-order valence-electron chi connectivity index (χ0n) is 16.1. The number of nitrogens with one attached hydrogen (secondary N) is 1. The van der Waals surface area contributed by atoms with Crippen LogP contribution in [0, 0.1) is 6.92 Å². The SMILES string of the molecule is CCOc1ccc(N(Cc2ccccc2O)C(=S)Nc2ccc(C)cc2)cc1. The highest BCUT2D eigenvalue weighted by atomic mass is 32.1. The summed E-state index contributed by atoms with van der Waals surface area (Å²) >= 11 is 5.70. The van der Waals surface area contributed by atoms with Crippen LogP contribution in [-0.4, -0.2) is 16.8 Å². The van der Waals surface area contributed by atoms with Crippen LogP contribution in [0.5, 0.6) is 11.5 Å². The predicted molar refractivity (Wildman–Crippen MR) is 119 cm³/mol. The first-order valence-electron chi connectivity index (χ1n) is 9.21. The van der Waals surface area contributed by atoms with E-state index in [0.717, 1.165) is 22.7 Å². The van der Waals surface area contributed by atoms with E-state index in [0.29, 0.717) is 18.3 Å². The number of phenolic OH excluding ortho intramolecular Hbond substituents is 1. The van der Waals surface area contributed by atoms with Gasteiger partial charge in [0.2, 0.25) is 0 Å². The zero-order chi connectivity index (χ0) is 19.9. The summed E-state index contributed by atoms with van der Waals surface area (Å²) in [5, 5.41) is 14.1. The Bertz CT molecular complexity index is 924. The number of nitrogens with zero attached hydrogens (tertiary/aromatic N) is 1. The zero-order valence-corrected chi connectivity index (χ0v) is 16.9.